The van der Waals surface area contributed by atoms with Crippen LogP contribution in [0.2, 0.25) is 0 Å². The Kier molecular flexibility index (Phi) is 10.7. The number of allylic oxidation sites excluding steroid dienone is 1. The van der Waals surface area contributed by atoms with Crippen molar-refractivity contribution in [3.8, 4) is 0 Å². The van der Waals surface area contributed by atoms with Gasteiger partial charge < -0.3 is 29.7 Å². The van der Waals surface area contributed by atoms with Crippen LogP contribution in [0.3, 0.4) is 0 Å². The molecule has 3 saturated heterocycles. The lowest BCUT2D eigenvalue weighted by Gasteiger charge is -2.39. The molecular weight excluding hydrogens is 630 g/mol. The Hall–Kier alpha value is -3.02. The fourth-order valence-corrected chi connectivity index (χ4v) is 7.91. The van der Waals surface area contributed by atoms with Crippen LogP contribution in [0.5, 0.6) is 0 Å². The van der Waals surface area contributed by atoms with Crippen LogP contribution >= 0.6 is 15.9 Å². The molecule has 0 radical (unpaired) electrons. The number of amides is 3. The normalized spacial score (nSPS) is 29.1. The van der Waals surface area contributed by atoms with Crippen molar-refractivity contribution in [1.29, 1.82) is 0 Å². The molecular formula is C33H44BrN3O7. The Labute approximate surface area is 267 Å². The number of benzene rings is 1. The fraction of sp³-hybridized carbons (Fsp3) is 0.576. The van der Waals surface area contributed by atoms with Crippen molar-refractivity contribution >= 4 is 39.6 Å². The van der Waals surface area contributed by atoms with E-state index in [1.165, 1.54) is 4.90 Å². The number of esters is 1. The first-order valence-electron chi connectivity index (χ1n) is 15.2. The van der Waals surface area contributed by atoms with Gasteiger partial charge in [-0.25, -0.2) is 0 Å². The van der Waals surface area contributed by atoms with Gasteiger partial charge in [-0.1, -0.05) is 58.4 Å². The molecule has 0 aromatic heterocycles. The SMILES string of the molecule is C=CCCC(=O)N[C@H](C)[C@@H](OC(=O)[C@@H]1[C@H]2O[C@@]3(CC2Br)[C@H](C(=O)N(CC=C)C(C)C)N([C@H](C)CO)C(=O)[C@@H]13)c1ccccc1. The molecule has 10 nitrogen and oxygen atoms in total. The van der Waals surface area contributed by atoms with Crippen LogP contribution < -0.4 is 5.32 Å². The molecule has 0 aliphatic carbocycles. The zero-order chi connectivity index (χ0) is 32.3. The van der Waals surface area contributed by atoms with Crippen molar-refractivity contribution in [2.24, 2.45) is 11.8 Å². The summed E-state index contributed by atoms with van der Waals surface area (Å²) in [6.45, 7) is 14.6. The van der Waals surface area contributed by atoms with Gasteiger partial charge >= 0.3 is 5.97 Å². The molecule has 1 unspecified atom stereocenters. The summed E-state index contributed by atoms with van der Waals surface area (Å²) in [5, 5.41) is 13.1. The number of alkyl halides is 1. The van der Waals surface area contributed by atoms with Gasteiger partial charge in [-0.2, -0.15) is 0 Å². The van der Waals surface area contributed by atoms with Crippen LogP contribution in [0.4, 0.5) is 0 Å². The quantitative estimate of drug-likeness (QED) is 0.176. The number of nitrogens with zero attached hydrogens (tertiary/aromatic N) is 2. The number of aliphatic hydroxyl groups is 1. The zero-order valence-corrected chi connectivity index (χ0v) is 27.4. The predicted octanol–water partition coefficient (Wildman–Crippen LogP) is 3.29. The second kappa shape index (κ2) is 14.0. The summed E-state index contributed by atoms with van der Waals surface area (Å²) in [5.74, 6) is -3.57. The van der Waals surface area contributed by atoms with E-state index in [0.717, 1.165) is 0 Å². The van der Waals surface area contributed by atoms with Gasteiger partial charge in [-0.3, -0.25) is 19.2 Å². The van der Waals surface area contributed by atoms with E-state index in [-0.39, 0.29) is 42.3 Å². The van der Waals surface area contributed by atoms with E-state index in [1.54, 1.807) is 30.9 Å². The molecule has 2 bridgehead atoms. The summed E-state index contributed by atoms with van der Waals surface area (Å²) in [6, 6.07) is 6.62. The van der Waals surface area contributed by atoms with E-state index in [4.69, 9.17) is 9.47 Å². The van der Waals surface area contributed by atoms with Crippen molar-refractivity contribution in [2.75, 3.05) is 13.2 Å². The number of nitrogens with one attached hydrogen (secondary N) is 1. The lowest BCUT2D eigenvalue weighted by atomic mass is 9.70. The first-order valence-corrected chi connectivity index (χ1v) is 16.2. The van der Waals surface area contributed by atoms with E-state index < -0.39 is 59.6 Å². The van der Waals surface area contributed by atoms with Gasteiger partial charge in [-0.15, -0.1) is 13.2 Å². The number of carbonyl (C=O) groups excluding carboxylic acids is 4. The minimum Gasteiger partial charge on any atom is -0.455 e. The fourth-order valence-electron chi connectivity index (χ4n) is 6.97. The number of aliphatic hydroxyl groups excluding tert-OH is 1. The lowest BCUT2D eigenvalue weighted by molar-refractivity contribution is -0.162. The van der Waals surface area contributed by atoms with Crippen LogP contribution in [0, 0.1) is 11.8 Å². The summed E-state index contributed by atoms with van der Waals surface area (Å²) >= 11 is 3.68. The molecule has 240 valence electrons. The molecule has 1 spiro atoms. The van der Waals surface area contributed by atoms with Crippen LogP contribution in [-0.4, -0.2) is 92.4 Å². The molecule has 0 saturated carbocycles. The minimum absolute atomic E-state index is 0.189. The Morgan fingerprint density at radius 2 is 1.89 bits per heavy atom. The first kappa shape index (κ1) is 33.9. The molecule has 9 atom stereocenters. The average molecular weight is 675 g/mol. The number of hydrogen-bond donors (Lipinski definition) is 2. The van der Waals surface area contributed by atoms with Gasteiger partial charge in [0.25, 0.3) is 0 Å². The van der Waals surface area contributed by atoms with Gasteiger partial charge in [0.15, 0.2) is 0 Å². The molecule has 3 amide bonds. The van der Waals surface area contributed by atoms with E-state index >= 15 is 0 Å². The van der Waals surface area contributed by atoms with E-state index in [2.05, 4.69) is 34.4 Å². The number of carbonyl (C=O) groups is 4. The monoisotopic (exact) mass is 673 g/mol. The van der Waals surface area contributed by atoms with Crippen molar-refractivity contribution in [1.82, 2.24) is 15.1 Å². The largest absolute Gasteiger partial charge is 0.455 e. The Balaban J connectivity index is 1.70. The van der Waals surface area contributed by atoms with E-state index in [1.807, 2.05) is 44.2 Å². The van der Waals surface area contributed by atoms with Crippen LogP contribution in [0.15, 0.2) is 55.6 Å². The third-order valence-electron chi connectivity index (χ3n) is 8.99. The Morgan fingerprint density at radius 3 is 2.48 bits per heavy atom. The third-order valence-corrected chi connectivity index (χ3v) is 9.84. The maximum Gasteiger partial charge on any atom is 0.313 e. The van der Waals surface area contributed by atoms with Gasteiger partial charge in [0.1, 0.15) is 17.7 Å². The van der Waals surface area contributed by atoms with Crippen molar-refractivity contribution in [3.05, 3.63) is 61.2 Å². The number of hydrogen-bond acceptors (Lipinski definition) is 7. The second-order valence-electron chi connectivity index (χ2n) is 12.3. The molecule has 3 aliphatic rings. The highest BCUT2D eigenvalue weighted by atomic mass is 79.9. The van der Waals surface area contributed by atoms with Crippen molar-refractivity contribution < 1.29 is 33.8 Å². The molecule has 2 N–H and O–H groups in total. The highest BCUT2D eigenvalue weighted by Gasteiger charge is 2.77. The molecule has 1 aromatic rings. The van der Waals surface area contributed by atoms with Gasteiger partial charge in [0.05, 0.1) is 36.6 Å². The molecule has 44 heavy (non-hydrogen) atoms. The molecule has 1 aromatic carbocycles. The average Bonchev–Trinajstić information content (AvgIpc) is 3.60. The minimum atomic E-state index is -1.29. The van der Waals surface area contributed by atoms with Crippen LogP contribution in [0.25, 0.3) is 0 Å². The van der Waals surface area contributed by atoms with Gasteiger partial charge in [0, 0.05) is 23.8 Å². The molecule has 11 heteroatoms. The standard InChI is InChI=1S/C33H44BrN3O7/c1-7-9-15-24(39)35-21(6)27(22-13-11-10-12-14-22)43-32(42)25-26-30(40)37(20(5)18-38)29(31(41)36(16-8-2)19(3)4)33(26)17-23(34)28(25)44-33/h7-8,10-14,19-21,23,25-29,38H,1-2,9,15-18H2,3-6H3,(H,35,39)/t20-,21-,23?,25+,26-,27-,28+,29+,33-/m1/s1. The molecule has 3 aliphatic heterocycles. The number of halogens is 1. The van der Waals surface area contributed by atoms with Crippen molar-refractivity contribution in [2.45, 2.75) is 93.8 Å². The summed E-state index contributed by atoms with van der Waals surface area (Å²) in [5.41, 5.74) is -0.605. The summed E-state index contributed by atoms with van der Waals surface area (Å²) < 4.78 is 12.8. The summed E-state index contributed by atoms with van der Waals surface area (Å²) in [4.78, 5) is 58.0. The number of ether oxygens (including phenoxy) is 2. The van der Waals surface area contributed by atoms with E-state index in [0.29, 0.717) is 18.4 Å². The van der Waals surface area contributed by atoms with Crippen LogP contribution in [0.1, 0.15) is 58.6 Å². The highest BCUT2D eigenvalue weighted by molar-refractivity contribution is 9.09. The molecule has 4 rings (SSSR count). The topological polar surface area (TPSA) is 125 Å². The smallest absolute Gasteiger partial charge is 0.313 e. The molecule has 3 fully saturated rings. The molecule has 3 heterocycles. The van der Waals surface area contributed by atoms with Gasteiger partial charge in [0.2, 0.25) is 17.7 Å². The number of fused-ring (bicyclic) bond motifs is 1. The number of rotatable bonds is 14. The maximum atomic E-state index is 14.2. The predicted molar refractivity (Wildman–Crippen MR) is 168 cm³/mol. The lowest BCUT2D eigenvalue weighted by Crippen LogP contribution is -2.59. The Bertz CT molecular complexity index is 1260. The third kappa shape index (κ3) is 6.10. The maximum absolute atomic E-state index is 14.2. The van der Waals surface area contributed by atoms with Crippen molar-refractivity contribution in [3.63, 3.8) is 0 Å². The second-order valence-corrected chi connectivity index (χ2v) is 13.4. The van der Waals surface area contributed by atoms with Crippen LogP contribution in [-0.2, 0) is 28.7 Å². The highest BCUT2D eigenvalue weighted by Crippen LogP contribution is 2.61. The van der Waals surface area contributed by atoms with Gasteiger partial charge in [-0.05, 0) is 46.1 Å². The first-order chi connectivity index (χ1) is 20.9. The zero-order valence-electron chi connectivity index (χ0n) is 25.9. The summed E-state index contributed by atoms with van der Waals surface area (Å²) in [7, 11) is 0. The van der Waals surface area contributed by atoms with E-state index in [9.17, 15) is 24.3 Å². The Morgan fingerprint density at radius 1 is 1.20 bits per heavy atom. The number of likely N-dealkylation sites (tertiary alicyclic amines) is 1. The summed E-state index contributed by atoms with van der Waals surface area (Å²) in [6.07, 6.45) is 2.84.